The monoisotopic (exact) mass is 246 g/mol. The third-order valence-corrected chi connectivity index (χ3v) is 5.27. The van der Waals surface area contributed by atoms with E-state index in [2.05, 4.69) is 18.2 Å². The summed E-state index contributed by atoms with van der Waals surface area (Å²) in [5.41, 5.74) is 1.87. The molecule has 3 atom stereocenters. The molecule has 0 aromatic carbocycles. The number of aliphatic hydroxyl groups is 1. The lowest BCUT2D eigenvalue weighted by Crippen LogP contribution is -2.44. The zero-order valence-electron chi connectivity index (χ0n) is 11.4. The summed E-state index contributed by atoms with van der Waals surface area (Å²) < 4.78 is 0. The van der Waals surface area contributed by atoms with Gasteiger partial charge in [0.05, 0.1) is 6.10 Å². The highest BCUT2D eigenvalue weighted by atomic mass is 16.3. The van der Waals surface area contributed by atoms with Crippen LogP contribution >= 0.6 is 0 Å². The second-order valence-corrected chi connectivity index (χ2v) is 6.59. The molecule has 2 bridgehead atoms. The average molecular weight is 246 g/mol. The van der Waals surface area contributed by atoms with Gasteiger partial charge in [0.1, 0.15) is 0 Å². The Labute approximate surface area is 111 Å². The predicted octanol–water partition coefficient (Wildman–Crippen LogP) is 4.37. The molecule has 1 N–H and O–H groups in total. The molecule has 3 aliphatic rings. The fraction of sp³-hybridized carbons (Fsp3) is 0.765. The van der Waals surface area contributed by atoms with Crippen LogP contribution in [-0.2, 0) is 0 Å². The quantitative estimate of drug-likeness (QED) is 0.629. The molecular weight excluding hydrogens is 220 g/mol. The molecule has 0 unspecified atom stereocenters. The fourth-order valence-electron chi connectivity index (χ4n) is 4.14. The van der Waals surface area contributed by atoms with E-state index >= 15 is 0 Å². The van der Waals surface area contributed by atoms with Gasteiger partial charge in [0, 0.05) is 11.3 Å². The Bertz CT molecular complexity index is 355. The summed E-state index contributed by atoms with van der Waals surface area (Å²) in [4.78, 5) is 0. The highest BCUT2D eigenvalue weighted by Gasteiger charge is 2.46. The minimum absolute atomic E-state index is 0.207. The molecule has 0 aliphatic heterocycles. The standard InChI is InChI=1S/C17H26O/c18-16-12-14-8-6-4-2-1-3-5-7-10-17(13-14)11-9-15(16)17/h9,11-12,15-16,18H,1-8,10,13H2/t15-,16+,17+/m0/s1. The topological polar surface area (TPSA) is 20.2 Å². The van der Waals surface area contributed by atoms with Gasteiger partial charge in [-0.15, -0.1) is 0 Å². The van der Waals surface area contributed by atoms with E-state index in [0.717, 1.165) is 0 Å². The van der Waals surface area contributed by atoms with Crippen molar-refractivity contribution in [2.45, 2.75) is 70.3 Å². The van der Waals surface area contributed by atoms with Crippen molar-refractivity contribution in [1.82, 2.24) is 0 Å². The normalized spacial score (nSPS) is 40.8. The molecule has 0 radical (unpaired) electrons. The lowest BCUT2D eigenvalue weighted by Gasteiger charge is -2.49. The largest absolute Gasteiger partial charge is 0.388 e. The van der Waals surface area contributed by atoms with E-state index in [1.165, 1.54) is 69.8 Å². The minimum atomic E-state index is -0.207. The van der Waals surface area contributed by atoms with Gasteiger partial charge in [-0.2, -0.15) is 0 Å². The third-order valence-electron chi connectivity index (χ3n) is 5.27. The second-order valence-electron chi connectivity index (χ2n) is 6.59. The summed E-state index contributed by atoms with van der Waals surface area (Å²) in [5, 5.41) is 10.3. The number of rotatable bonds is 0. The van der Waals surface area contributed by atoms with Crippen LogP contribution in [0.5, 0.6) is 0 Å². The van der Waals surface area contributed by atoms with Crippen LogP contribution in [-0.4, -0.2) is 11.2 Å². The van der Waals surface area contributed by atoms with Crippen molar-refractivity contribution >= 4 is 0 Å². The van der Waals surface area contributed by atoms with Gasteiger partial charge >= 0.3 is 0 Å². The van der Waals surface area contributed by atoms with Gasteiger partial charge < -0.3 is 5.11 Å². The van der Waals surface area contributed by atoms with Crippen molar-refractivity contribution in [3.05, 3.63) is 23.8 Å². The van der Waals surface area contributed by atoms with Crippen LogP contribution in [0.25, 0.3) is 0 Å². The molecule has 0 saturated heterocycles. The first-order valence-corrected chi connectivity index (χ1v) is 7.87. The van der Waals surface area contributed by atoms with Crippen LogP contribution in [0, 0.1) is 11.3 Å². The number of hydrogen-bond acceptors (Lipinski definition) is 1. The van der Waals surface area contributed by atoms with Gasteiger partial charge in [-0.25, -0.2) is 0 Å². The van der Waals surface area contributed by atoms with Gasteiger partial charge in [-0.3, -0.25) is 0 Å². The summed E-state index contributed by atoms with van der Waals surface area (Å²) in [5.74, 6) is 0.421. The van der Waals surface area contributed by atoms with Crippen molar-refractivity contribution in [1.29, 1.82) is 0 Å². The van der Waals surface area contributed by atoms with E-state index in [4.69, 9.17) is 0 Å². The lowest BCUT2D eigenvalue weighted by atomic mass is 9.56. The Morgan fingerprint density at radius 1 is 1.00 bits per heavy atom. The van der Waals surface area contributed by atoms with E-state index in [0.29, 0.717) is 11.3 Å². The van der Waals surface area contributed by atoms with Crippen LogP contribution < -0.4 is 0 Å². The van der Waals surface area contributed by atoms with E-state index in [9.17, 15) is 5.11 Å². The van der Waals surface area contributed by atoms with Crippen molar-refractivity contribution in [3.63, 3.8) is 0 Å². The highest BCUT2D eigenvalue weighted by Crippen LogP contribution is 2.53. The molecule has 100 valence electrons. The van der Waals surface area contributed by atoms with Gasteiger partial charge in [-0.1, -0.05) is 62.3 Å². The SMILES string of the molecule is O[C@@H]1C=C2CCCCCCCCC[C@@]3(C=C[C@@H]13)C2. The second kappa shape index (κ2) is 5.21. The van der Waals surface area contributed by atoms with E-state index in [-0.39, 0.29) is 6.10 Å². The smallest absolute Gasteiger partial charge is 0.0794 e. The van der Waals surface area contributed by atoms with Crippen molar-refractivity contribution in [2.24, 2.45) is 11.3 Å². The first-order valence-electron chi connectivity index (χ1n) is 7.87. The third kappa shape index (κ3) is 2.30. The molecule has 1 nitrogen and oxygen atoms in total. The molecular formula is C17H26O. The lowest BCUT2D eigenvalue weighted by molar-refractivity contribution is 0.0614. The fourth-order valence-corrected chi connectivity index (χ4v) is 4.14. The van der Waals surface area contributed by atoms with Crippen LogP contribution in [0.4, 0.5) is 0 Å². The van der Waals surface area contributed by atoms with Gasteiger partial charge in [0.25, 0.3) is 0 Å². The molecule has 18 heavy (non-hydrogen) atoms. The summed E-state index contributed by atoms with van der Waals surface area (Å²) >= 11 is 0. The Morgan fingerprint density at radius 3 is 2.44 bits per heavy atom. The molecule has 0 aromatic heterocycles. The van der Waals surface area contributed by atoms with E-state index in [1.807, 2.05) is 0 Å². The first kappa shape index (κ1) is 12.5. The van der Waals surface area contributed by atoms with Crippen molar-refractivity contribution in [2.75, 3.05) is 0 Å². The molecule has 1 spiro atoms. The Hall–Kier alpha value is -0.560. The number of aliphatic hydroxyl groups excluding tert-OH is 1. The molecule has 1 saturated carbocycles. The van der Waals surface area contributed by atoms with Crippen molar-refractivity contribution in [3.8, 4) is 0 Å². The van der Waals surface area contributed by atoms with Crippen LogP contribution in [0.1, 0.15) is 64.2 Å². The summed E-state index contributed by atoms with van der Waals surface area (Å²) in [6, 6.07) is 0. The van der Waals surface area contributed by atoms with E-state index < -0.39 is 0 Å². The molecule has 0 aromatic rings. The molecule has 1 heteroatoms. The zero-order valence-corrected chi connectivity index (χ0v) is 11.4. The maximum atomic E-state index is 10.3. The Kier molecular flexibility index (Phi) is 3.61. The minimum Gasteiger partial charge on any atom is -0.388 e. The van der Waals surface area contributed by atoms with Gasteiger partial charge in [0.2, 0.25) is 0 Å². The summed E-state index contributed by atoms with van der Waals surface area (Å²) in [7, 11) is 0. The molecule has 3 rings (SSSR count). The zero-order chi connectivity index (χ0) is 12.4. The summed E-state index contributed by atoms with van der Waals surface area (Å²) in [6.45, 7) is 0. The van der Waals surface area contributed by atoms with Gasteiger partial charge in [-0.05, 0) is 25.7 Å². The van der Waals surface area contributed by atoms with Crippen LogP contribution in [0.3, 0.4) is 0 Å². The van der Waals surface area contributed by atoms with Crippen LogP contribution in [0.15, 0.2) is 23.8 Å². The molecule has 3 aliphatic carbocycles. The van der Waals surface area contributed by atoms with Gasteiger partial charge in [0.15, 0.2) is 0 Å². The highest BCUT2D eigenvalue weighted by molar-refractivity contribution is 5.31. The van der Waals surface area contributed by atoms with Crippen LogP contribution in [0.2, 0.25) is 0 Å². The number of fused-ring (bicyclic) bond motifs is 1. The van der Waals surface area contributed by atoms with E-state index in [1.54, 1.807) is 0 Å². The molecule has 0 amide bonds. The maximum absolute atomic E-state index is 10.3. The predicted molar refractivity (Wildman–Crippen MR) is 75.3 cm³/mol. The number of hydrogen-bond donors (Lipinski definition) is 1. The maximum Gasteiger partial charge on any atom is 0.0794 e. The average Bonchev–Trinajstić information content (AvgIpc) is 2.29. The Balaban J connectivity index is 1.74. The van der Waals surface area contributed by atoms with Crippen molar-refractivity contribution < 1.29 is 5.11 Å². The first-order chi connectivity index (χ1) is 8.80. The Morgan fingerprint density at radius 2 is 1.72 bits per heavy atom. The molecule has 1 fully saturated rings. The summed E-state index contributed by atoms with van der Waals surface area (Å²) in [6.07, 6.45) is 20.0. The number of allylic oxidation sites excluding steroid dienone is 2. The molecule has 0 heterocycles.